The molecule has 0 aliphatic carbocycles. The van der Waals surface area contributed by atoms with Gasteiger partial charge in [-0.1, -0.05) is 18.2 Å². The summed E-state index contributed by atoms with van der Waals surface area (Å²) in [5.41, 5.74) is 0.469. The largest absolute Gasteiger partial charge is 0.338 e. The van der Waals surface area contributed by atoms with Gasteiger partial charge in [-0.05, 0) is 48.7 Å². The summed E-state index contributed by atoms with van der Waals surface area (Å²) in [6.45, 7) is 4.10. The van der Waals surface area contributed by atoms with E-state index in [-0.39, 0.29) is 18.3 Å². The molecule has 1 amide bonds. The minimum atomic E-state index is 0. The first kappa shape index (κ1) is 15.8. The molecular weight excluding hydrogens is 316 g/mol. The molecule has 2 aliphatic heterocycles. The molecule has 2 saturated heterocycles. The number of carbonyl (C=O) groups is 1. The Morgan fingerprint density at radius 3 is 2.64 bits per heavy atom. The van der Waals surface area contributed by atoms with Gasteiger partial charge in [-0.25, -0.2) is 0 Å². The third-order valence-corrected chi connectivity index (χ3v) is 6.18. The average molecular weight is 337 g/mol. The van der Waals surface area contributed by atoms with E-state index in [1.165, 1.54) is 16.5 Å². The Morgan fingerprint density at radius 1 is 1.18 bits per heavy atom. The standard InChI is InChI=1S/C17H20N2OS.ClH/c20-16(15-11-13-3-1-2-4-14(13)21-15)19-9-6-17(7-10-19)5-8-18-12-17;/h1-4,11,18H,5-10,12H2;1H. The molecule has 0 bridgehead atoms. The van der Waals surface area contributed by atoms with Crippen molar-refractivity contribution in [1.82, 2.24) is 10.2 Å². The zero-order valence-corrected chi connectivity index (χ0v) is 14.1. The predicted molar refractivity (Wildman–Crippen MR) is 94.1 cm³/mol. The van der Waals surface area contributed by atoms with Gasteiger partial charge in [0, 0.05) is 24.3 Å². The van der Waals surface area contributed by atoms with Crippen LogP contribution in [0.25, 0.3) is 10.1 Å². The molecule has 0 unspecified atom stereocenters. The lowest BCUT2D eigenvalue weighted by molar-refractivity contribution is 0.0612. The summed E-state index contributed by atoms with van der Waals surface area (Å²) in [6, 6.07) is 10.3. The maximum Gasteiger partial charge on any atom is 0.263 e. The minimum absolute atomic E-state index is 0. The number of piperidine rings is 1. The molecule has 1 N–H and O–H groups in total. The van der Waals surface area contributed by atoms with Gasteiger partial charge in [0.15, 0.2) is 0 Å². The van der Waals surface area contributed by atoms with Crippen LogP contribution < -0.4 is 5.32 Å². The van der Waals surface area contributed by atoms with Crippen molar-refractivity contribution in [3.63, 3.8) is 0 Å². The number of benzene rings is 1. The second-order valence-corrected chi connectivity index (χ2v) is 7.45. The number of thiophene rings is 1. The highest BCUT2D eigenvalue weighted by Crippen LogP contribution is 2.37. The van der Waals surface area contributed by atoms with E-state index in [2.05, 4.69) is 17.4 Å². The van der Waals surface area contributed by atoms with Crippen LogP contribution in [-0.4, -0.2) is 37.0 Å². The summed E-state index contributed by atoms with van der Waals surface area (Å²) in [7, 11) is 0. The molecule has 5 heteroatoms. The molecule has 4 rings (SSSR count). The van der Waals surface area contributed by atoms with Gasteiger partial charge >= 0.3 is 0 Å². The fourth-order valence-electron chi connectivity index (χ4n) is 3.65. The Hall–Kier alpha value is -1.10. The maximum atomic E-state index is 12.7. The van der Waals surface area contributed by atoms with Crippen molar-refractivity contribution >= 4 is 39.7 Å². The first-order valence-electron chi connectivity index (χ1n) is 7.74. The van der Waals surface area contributed by atoms with Gasteiger partial charge in [-0.3, -0.25) is 4.79 Å². The number of amides is 1. The number of halogens is 1. The highest BCUT2D eigenvalue weighted by Gasteiger charge is 2.38. The van der Waals surface area contributed by atoms with Crippen LogP contribution in [0.15, 0.2) is 30.3 Å². The van der Waals surface area contributed by atoms with E-state index in [0.717, 1.165) is 43.9 Å². The zero-order chi connectivity index (χ0) is 14.3. The van der Waals surface area contributed by atoms with E-state index in [0.29, 0.717) is 5.41 Å². The summed E-state index contributed by atoms with van der Waals surface area (Å²) in [4.78, 5) is 15.6. The van der Waals surface area contributed by atoms with E-state index in [1.807, 2.05) is 23.1 Å². The Bertz CT molecular complexity index is 635. The van der Waals surface area contributed by atoms with E-state index in [4.69, 9.17) is 0 Å². The molecule has 2 aliphatic rings. The van der Waals surface area contributed by atoms with Crippen molar-refractivity contribution in [1.29, 1.82) is 0 Å². The van der Waals surface area contributed by atoms with Crippen LogP contribution in [-0.2, 0) is 0 Å². The van der Waals surface area contributed by atoms with Crippen molar-refractivity contribution < 1.29 is 4.79 Å². The number of carbonyl (C=O) groups excluding carboxylic acids is 1. The van der Waals surface area contributed by atoms with Crippen molar-refractivity contribution in [3.05, 3.63) is 35.2 Å². The number of rotatable bonds is 1. The van der Waals surface area contributed by atoms with Gasteiger partial charge in [0.2, 0.25) is 0 Å². The average Bonchev–Trinajstić information content (AvgIpc) is 3.14. The summed E-state index contributed by atoms with van der Waals surface area (Å²) in [6.07, 6.45) is 3.57. The Labute approximate surface area is 141 Å². The van der Waals surface area contributed by atoms with Crippen LogP contribution in [0.3, 0.4) is 0 Å². The van der Waals surface area contributed by atoms with Gasteiger partial charge in [0.05, 0.1) is 4.88 Å². The van der Waals surface area contributed by atoms with Crippen LogP contribution in [0, 0.1) is 5.41 Å². The van der Waals surface area contributed by atoms with Crippen LogP contribution >= 0.6 is 23.7 Å². The Kier molecular flexibility index (Phi) is 4.44. The molecule has 1 aromatic heterocycles. The van der Waals surface area contributed by atoms with Gasteiger partial charge in [-0.2, -0.15) is 0 Å². The quantitative estimate of drug-likeness (QED) is 0.864. The van der Waals surface area contributed by atoms with Crippen LogP contribution in [0.4, 0.5) is 0 Å². The van der Waals surface area contributed by atoms with Gasteiger partial charge in [0.25, 0.3) is 5.91 Å². The molecule has 3 nitrogen and oxygen atoms in total. The highest BCUT2D eigenvalue weighted by atomic mass is 35.5. The number of hydrogen-bond acceptors (Lipinski definition) is 3. The van der Waals surface area contributed by atoms with Crippen molar-refractivity contribution in [2.45, 2.75) is 19.3 Å². The maximum absolute atomic E-state index is 12.7. The molecule has 3 heterocycles. The number of fused-ring (bicyclic) bond motifs is 1. The first-order valence-corrected chi connectivity index (χ1v) is 8.56. The molecule has 1 spiro atoms. The fourth-order valence-corrected chi connectivity index (χ4v) is 4.68. The van der Waals surface area contributed by atoms with Gasteiger partial charge in [0.1, 0.15) is 0 Å². The lowest BCUT2D eigenvalue weighted by atomic mass is 9.78. The number of likely N-dealkylation sites (tertiary alicyclic amines) is 1. The third-order valence-electron chi connectivity index (χ3n) is 5.08. The van der Waals surface area contributed by atoms with Crippen LogP contribution in [0.5, 0.6) is 0 Å². The lowest BCUT2D eigenvalue weighted by Crippen LogP contribution is -2.43. The summed E-state index contributed by atoms with van der Waals surface area (Å²) in [5.74, 6) is 0.219. The Morgan fingerprint density at radius 2 is 1.95 bits per heavy atom. The fraction of sp³-hybridized carbons (Fsp3) is 0.471. The second-order valence-electron chi connectivity index (χ2n) is 6.37. The van der Waals surface area contributed by atoms with E-state index in [9.17, 15) is 4.79 Å². The molecule has 2 fully saturated rings. The van der Waals surface area contributed by atoms with Gasteiger partial charge < -0.3 is 10.2 Å². The van der Waals surface area contributed by atoms with Crippen LogP contribution in [0.2, 0.25) is 0 Å². The molecule has 118 valence electrons. The predicted octanol–water partition coefficient (Wildman–Crippen LogP) is 3.54. The van der Waals surface area contributed by atoms with Crippen molar-refractivity contribution in [2.24, 2.45) is 5.41 Å². The molecule has 2 aromatic rings. The molecule has 22 heavy (non-hydrogen) atoms. The first-order chi connectivity index (χ1) is 10.3. The van der Waals surface area contributed by atoms with Gasteiger partial charge in [-0.15, -0.1) is 23.7 Å². The van der Waals surface area contributed by atoms with E-state index < -0.39 is 0 Å². The molecule has 0 saturated carbocycles. The summed E-state index contributed by atoms with van der Waals surface area (Å²) in [5, 5.41) is 4.65. The molecule has 0 radical (unpaired) electrons. The molecule has 0 atom stereocenters. The summed E-state index contributed by atoms with van der Waals surface area (Å²) >= 11 is 1.62. The highest BCUT2D eigenvalue weighted by molar-refractivity contribution is 7.20. The smallest absolute Gasteiger partial charge is 0.263 e. The number of nitrogens with one attached hydrogen (secondary N) is 1. The topological polar surface area (TPSA) is 32.3 Å². The zero-order valence-electron chi connectivity index (χ0n) is 12.5. The second kappa shape index (κ2) is 6.19. The third kappa shape index (κ3) is 2.75. The molecular formula is C17H21ClN2OS. The monoisotopic (exact) mass is 336 g/mol. The SMILES string of the molecule is Cl.O=C(c1cc2ccccc2s1)N1CCC2(CCNC2)CC1. The van der Waals surface area contributed by atoms with Crippen LogP contribution in [0.1, 0.15) is 28.9 Å². The molecule has 1 aromatic carbocycles. The normalized spacial score (nSPS) is 20.3. The minimum Gasteiger partial charge on any atom is -0.338 e. The number of nitrogens with zero attached hydrogens (tertiary/aromatic N) is 1. The lowest BCUT2D eigenvalue weighted by Gasteiger charge is -2.38. The number of hydrogen-bond donors (Lipinski definition) is 1. The van der Waals surface area contributed by atoms with Crippen molar-refractivity contribution in [2.75, 3.05) is 26.2 Å². The summed E-state index contributed by atoms with van der Waals surface area (Å²) < 4.78 is 1.20. The van der Waals surface area contributed by atoms with Crippen molar-refractivity contribution in [3.8, 4) is 0 Å². The Balaban J connectivity index is 0.00000144. The van der Waals surface area contributed by atoms with E-state index in [1.54, 1.807) is 11.3 Å². The van der Waals surface area contributed by atoms with E-state index >= 15 is 0 Å².